The molecule has 0 fully saturated rings. The quantitative estimate of drug-likeness (QED) is 0.340. The van der Waals surface area contributed by atoms with Crippen molar-refractivity contribution in [3.63, 3.8) is 0 Å². The first-order chi connectivity index (χ1) is 9.58. The van der Waals surface area contributed by atoms with Crippen LogP contribution in [0.25, 0.3) is 0 Å². The zero-order chi connectivity index (χ0) is 15.0. The molecule has 0 unspecified atom stereocenters. The molecule has 1 aromatic rings. The van der Waals surface area contributed by atoms with Crippen LogP contribution in [-0.2, 0) is 4.79 Å². The van der Waals surface area contributed by atoms with Gasteiger partial charge in [-0.2, -0.15) is 5.26 Å². The summed E-state index contributed by atoms with van der Waals surface area (Å²) in [5.74, 6) is -0.593. The molecule has 1 N–H and O–H groups in total. The van der Waals surface area contributed by atoms with E-state index in [9.17, 15) is 19.7 Å². The third-order valence-electron chi connectivity index (χ3n) is 2.23. The number of hydrogen-bond donors (Lipinski definition) is 1. The molecule has 0 aromatic heterocycles. The van der Waals surface area contributed by atoms with Crippen molar-refractivity contribution in [2.45, 2.75) is 6.42 Å². The van der Waals surface area contributed by atoms with Crippen molar-refractivity contribution < 1.29 is 19.2 Å². The summed E-state index contributed by atoms with van der Waals surface area (Å²) in [6.07, 6.45) is 0.644. The Balaban J connectivity index is 2.68. The van der Waals surface area contributed by atoms with Gasteiger partial charge in [-0.25, -0.2) is 0 Å². The van der Waals surface area contributed by atoms with Gasteiger partial charge in [0.1, 0.15) is 6.29 Å². The number of rotatable bonds is 7. The Kier molecular flexibility index (Phi) is 5.65. The smallest absolute Gasteiger partial charge is 0.311 e. The van der Waals surface area contributed by atoms with Gasteiger partial charge in [0.25, 0.3) is 5.91 Å². The Morgan fingerprint density at radius 1 is 1.55 bits per heavy atom. The number of nitrogens with one attached hydrogen (secondary N) is 1. The zero-order valence-corrected chi connectivity index (χ0v) is 10.4. The number of nitrogens with zero attached hydrogens (tertiary/aromatic N) is 2. The minimum atomic E-state index is -0.698. The number of hydrogen-bond acceptors (Lipinski definition) is 6. The summed E-state index contributed by atoms with van der Waals surface area (Å²) in [7, 11) is 0. The standard InChI is InChI=1S/C12H11N3O5/c13-4-1-5-14-12(17)8-20-11-3-2-9(7-16)6-10(11)15(18)19/h2-3,6-7H,1,5,8H2,(H,14,17). The summed E-state index contributed by atoms with van der Waals surface area (Å²) in [6.45, 7) is -0.225. The average Bonchev–Trinajstić information content (AvgIpc) is 2.45. The van der Waals surface area contributed by atoms with Crippen LogP contribution in [-0.4, -0.2) is 30.3 Å². The van der Waals surface area contributed by atoms with Crippen LogP contribution in [0.5, 0.6) is 5.75 Å². The van der Waals surface area contributed by atoms with E-state index in [2.05, 4.69) is 5.32 Å². The van der Waals surface area contributed by atoms with Gasteiger partial charge in [-0.15, -0.1) is 0 Å². The van der Waals surface area contributed by atoms with Crippen molar-refractivity contribution in [3.8, 4) is 11.8 Å². The molecule has 0 atom stereocenters. The maximum absolute atomic E-state index is 11.3. The van der Waals surface area contributed by atoms with Crippen molar-refractivity contribution in [2.75, 3.05) is 13.2 Å². The van der Waals surface area contributed by atoms with Crippen LogP contribution < -0.4 is 10.1 Å². The molecule has 0 bridgehead atoms. The lowest BCUT2D eigenvalue weighted by Crippen LogP contribution is -2.29. The molecule has 0 aliphatic rings. The molecule has 0 aliphatic heterocycles. The molecule has 0 aliphatic carbocycles. The number of carbonyl (C=O) groups is 2. The van der Waals surface area contributed by atoms with Crippen LogP contribution in [0.2, 0.25) is 0 Å². The van der Waals surface area contributed by atoms with Crippen LogP contribution in [0.1, 0.15) is 16.8 Å². The van der Waals surface area contributed by atoms with E-state index >= 15 is 0 Å². The van der Waals surface area contributed by atoms with Crippen LogP contribution in [0, 0.1) is 21.4 Å². The topological polar surface area (TPSA) is 122 Å². The number of carbonyl (C=O) groups excluding carboxylic acids is 2. The average molecular weight is 277 g/mol. The molecule has 1 amide bonds. The van der Waals surface area contributed by atoms with Gasteiger partial charge in [0.05, 0.1) is 17.4 Å². The number of nitriles is 1. The Bertz CT molecular complexity index is 565. The fourth-order valence-corrected chi connectivity index (χ4v) is 1.32. The molecule has 1 aromatic carbocycles. The Labute approximate surface area is 114 Å². The molecule has 1 rings (SSSR count). The van der Waals surface area contributed by atoms with Gasteiger partial charge in [-0.1, -0.05) is 0 Å². The van der Waals surface area contributed by atoms with Crippen molar-refractivity contribution in [1.82, 2.24) is 5.32 Å². The summed E-state index contributed by atoms with van der Waals surface area (Å²) < 4.78 is 5.04. The number of nitro groups is 1. The van der Waals surface area contributed by atoms with E-state index in [0.29, 0.717) is 6.29 Å². The summed E-state index contributed by atoms with van der Waals surface area (Å²) in [5, 5.41) is 21.5. The molecule has 0 saturated heterocycles. The fourth-order valence-electron chi connectivity index (χ4n) is 1.32. The second-order valence-electron chi connectivity index (χ2n) is 3.65. The molecular formula is C12H11N3O5. The van der Waals surface area contributed by atoms with Gasteiger partial charge < -0.3 is 10.1 Å². The van der Waals surface area contributed by atoms with Crippen LogP contribution in [0.15, 0.2) is 18.2 Å². The largest absolute Gasteiger partial charge is 0.477 e. The van der Waals surface area contributed by atoms with Crippen LogP contribution in [0.4, 0.5) is 5.69 Å². The van der Waals surface area contributed by atoms with Gasteiger partial charge >= 0.3 is 5.69 Å². The summed E-state index contributed by atoms with van der Waals surface area (Å²) >= 11 is 0. The molecule has 104 valence electrons. The van der Waals surface area contributed by atoms with E-state index in [-0.39, 0.29) is 30.0 Å². The normalized spacial score (nSPS) is 9.35. The van der Waals surface area contributed by atoms with Crippen molar-refractivity contribution in [2.24, 2.45) is 0 Å². The number of ether oxygens (including phenoxy) is 1. The van der Waals surface area contributed by atoms with E-state index in [4.69, 9.17) is 10.00 Å². The highest BCUT2D eigenvalue weighted by Gasteiger charge is 2.16. The monoisotopic (exact) mass is 277 g/mol. The Hall–Kier alpha value is -2.95. The van der Waals surface area contributed by atoms with E-state index < -0.39 is 17.4 Å². The minimum absolute atomic E-state index is 0.101. The molecular weight excluding hydrogens is 266 g/mol. The molecule has 0 heterocycles. The molecule has 0 radical (unpaired) electrons. The van der Waals surface area contributed by atoms with Crippen molar-refractivity contribution in [3.05, 3.63) is 33.9 Å². The Morgan fingerprint density at radius 2 is 2.30 bits per heavy atom. The fraction of sp³-hybridized carbons (Fsp3) is 0.250. The molecule has 0 spiro atoms. The summed E-state index contributed by atoms with van der Waals surface area (Å²) in [6, 6.07) is 5.53. The molecule has 8 nitrogen and oxygen atoms in total. The summed E-state index contributed by atoms with van der Waals surface area (Å²) in [4.78, 5) is 32.0. The van der Waals surface area contributed by atoms with Gasteiger partial charge in [-0.05, 0) is 12.1 Å². The van der Waals surface area contributed by atoms with Gasteiger partial charge in [0.2, 0.25) is 0 Å². The first-order valence-corrected chi connectivity index (χ1v) is 5.58. The number of amides is 1. The highest BCUT2D eigenvalue weighted by atomic mass is 16.6. The van der Waals surface area contributed by atoms with Crippen molar-refractivity contribution in [1.29, 1.82) is 5.26 Å². The SMILES string of the molecule is N#CCCNC(=O)COc1ccc(C=O)cc1[N+](=O)[O-]. The number of aldehydes is 1. The van der Waals surface area contributed by atoms with Crippen LogP contribution in [0.3, 0.4) is 0 Å². The second-order valence-corrected chi connectivity index (χ2v) is 3.65. The first-order valence-electron chi connectivity index (χ1n) is 5.58. The van der Waals surface area contributed by atoms with Gasteiger partial charge in [-0.3, -0.25) is 19.7 Å². The second kappa shape index (κ2) is 7.48. The predicted octanol–water partition coefficient (Wildman–Crippen LogP) is 0.816. The van der Waals surface area contributed by atoms with Gasteiger partial charge in [0, 0.05) is 18.2 Å². The minimum Gasteiger partial charge on any atom is -0.477 e. The lowest BCUT2D eigenvalue weighted by Gasteiger charge is -2.07. The summed E-state index contributed by atoms with van der Waals surface area (Å²) in [5.41, 5.74) is -0.248. The van der Waals surface area contributed by atoms with E-state index in [1.165, 1.54) is 12.1 Å². The highest BCUT2D eigenvalue weighted by molar-refractivity contribution is 5.79. The molecule has 8 heteroatoms. The highest BCUT2D eigenvalue weighted by Crippen LogP contribution is 2.27. The maximum Gasteiger partial charge on any atom is 0.311 e. The van der Waals surface area contributed by atoms with E-state index in [0.717, 1.165) is 6.07 Å². The lowest BCUT2D eigenvalue weighted by atomic mass is 10.2. The van der Waals surface area contributed by atoms with E-state index in [1.54, 1.807) is 0 Å². The van der Waals surface area contributed by atoms with Gasteiger partial charge in [0.15, 0.2) is 12.4 Å². The van der Waals surface area contributed by atoms with E-state index in [1.807, 2.05) is 6.07 Å². The Morgan fingerprint density at radius 3 is 2.90 bits per heavy atom. The molecule has 0 saturated carbocycles. The first kappa shape index (κ1) is 15.1. The van der Waals surface area contributed by atoms with Crippen molar-refractivity contribution >= 4 is 17.9 Å². The number of benzene rings is 1. The maximum atomic E-state index is 11.3. The zero-order valence-electron chi connectivity index (χ0n) is 10.4. The lowest BCUT2D eigenvalue weighted by molar-refractivity contribution is -0.385. The molecule has 20 heavy (non-hydrogen) atoms. The number of nitro benzene ring substituents is 1. The van der Waals surface area contributed by atoms with Crippen LogP contribution >= 0.6 is 0 Å². The third kappa shape index (κ3) is 4.38. The third-order valence-corrected chi connectivity index (χ3v) is 2.23. The predicted molar refractivity (Wildman–Crippen MR) is 67.2 cm³/mol.